The molecule has 0 aliphatic carbocycles. The standard InChI is InChI=1S/C25H19N3O6S4/c29-37(30,31)15-27-20-13-18(26-11-3-4-12-26)8-10-21(20)35-23(27)14-24-28(16-38(32,33)34)25-19-6-2-1-5-17(19)7-9-22(25)36-24/h1-14H,15-16H2,(H-,29,30,31,32,33,34)/p-1. The van der Waals surface area contributed by atoms with Crippen LogP contribution in [-0.2, 0) is 26.1 Å². The molecule has 0 bridgehead atoms. The van der Waals surface area contributed by atoms with Gasteiger partial charge in [-0.15, -0.1) is 0 Å². The molecule has 13 heteroatoms. The lowest BCUT2D eigenvalue weighted by Gasteiger charge is -2.22. The van der Waals surface area contributed by atoms with Crippen molar-refractivity contribution in [2.45, 2.75) is 10.8 Å². The van der Waals surface area contributed by atoms with Gasteiger partial charge in [-0.2, -0.15) is 4.57 Å². The number of anilines is 1. The van der Waals surface area contributed by atoms with Crippen molar-refractivity contribution in [3.05, 3.63) is 89.2 Å². The third-order valence-corrected chi connectivity index (χ3v) is 9.41. The highest BCUT2D eigenvalue weighted by Gasteiger charge is 2.30. The maximum absolute atomic E-state index is 11.9. The second-order valence-electron chi connectivity index (χ2n) is 8.63. The van der Waals surface area contributed by atoms with Crippen molar-refractivity contribution in [2.24, 2.45) is 0 Å². The summed E-state index contributed by atoms with van der Waals surface area (Å²) in [4.78, 5) is 2.15. The van der Waals surface area contributed by atoms with Crippen LogP contribution in [0, 0.1) is 0 Å². The van der Waals surface area contributed by atoms with Crippen molar-refractivity contribution in [2.75, 3.05) is 10.8 Å². The van der Waals surface area contributed by atoms with Crippen LogP contribution in [-0.4, -0.2) is 36.4 Å². The van der Waals surface area contributed by atoms with E-state index in [2.05, 4.69) is 0 Å². The van der Waals surface area contributed by atoms with Gasteiger partial charge in [0.2, 0.25) is 11.4 Å². The summed E-state index contributed by atoms with van der Waals surface area (Å²) in [6.45, 7) is 0. The van der Waals surface area contributed by atoms with Crippen LogP contribution < -0.4 is 9.47 Å². The number of fused-ring (bicyclic) bond motifs is 4. The van der Waals surface area contributed by atoms with Crippen molar-refractivity contribution in [1.82, 2.24) is 4.57 Å². The fourth-order valence-electron chi connectivity index (χ4n) is 4.53. The van der Waals surface area contributed by atoms with Gasteiger partial charge in [0.15, 0.2) is 10.1 Å². The highest BCUT2D eigenvalue weighted by atomic mass is 32.2. The molecular formula is C25H18N3O6S4-. The van der Waals surface area contributed by atoms with Gasteiger partial charge in [0.1, 0.15) is 20.7 Å². The molecule has 1 aliphatic heterocycles. The van der Waals surface area contributed by atoms with Crippen molar-refractivity contribution in [1.29, 1.82) is 0 Å². The molecule has 0 spiro atoms. The summed E-state index contributed by atoms with van der Waals surface area (Å²) in [5.41, 5.74) is 1.92. The average molecular weight is 585 g/mol. The van der Waals surface area contributed by atoms with Gasteiger partial charge in [0, 0.05) is 23.0 Å². The minimum Gasteiger partial charge on any atom is -0.747 e. The Morgan fingerprint density at radius 2 is 1.66 bits per heavy atom. The zero-order valence-electron chi connectivity index (χ0n) is 19.4. The van der Waals surface area contributed by atoms with Gasteiger partial charge in [0.05, 0.1) is 22.2 Å². The first-order valence-corrected chi connectivity index (χ1v) is 16.0. The number of hydrogen-bond acceptors (Lipinski definition) is 9. The van der Waals surface area contributed by atoms with Gasteiger partial charge in [-0.3, -0.25) is 0 Å². The molecule has 0 saturated heterocycles. The smallest absolute Gasteiger partial charge is 0.266 e. The molecule has 0 atom stereocenters. The third kappa shape index (κ3) is 4.84. The predicted octanol–water partition coefficient (Wildman–Crippen LogP) is 4.05. The van der Waals surface area contributed by atoms with Crippen LogP contribution >= 0.6 is 23.1 Å². The number of nitrogens with zero attached hydrogens (tertiary/aromatic N) is 3. The quantitative estimate of drug-likeness (QED) is 0.216. The van der Waals surface area contributed by atoms with E-state index in [9.17, 15) is 25.9 Å². The summed E-state index contributed by atoms with van der Waals surface area (Å²) < 4.78 is 75.5. The van der Waals surface area contributed by atoms with Gasteiger partial charge in [-0.1, -0.05) is 47.4 Å². The Bertz CT molecular complexity index is 1960. The van der Waals surface area contributed by atoms with Crippen LogP contribution in [0.5, 0.6) is 0 Å². The van der Waals surface area contributed by atoms with Gasteiger partial charge in [-0.05, 0) is 47.9 Å². The maximum Gasteiger partial charge on any atom is 0.266 e. The summed E-state index contributed by atoms with van der Waals surface area (Å²) in [5, 5.41) is 2.53. The first-order valence-electron chi connectivity index (χ1n) is 11.2. The molecule has 0 saturated carbocycles. The van der Waals surface area contributed by atoms with Crippen LogP contribution in [0.1, 0.15) is 5.01 Å². The minimum atomic E-state index is -4.67. The van der Waals surface area contributed by atoms with Crippen molar-refractivity contribution >= 4 is 76.1 Å². The molecule has 0 N–H and O–H groups in total. The van der Waals surface area contributed by atoms with Crippen LogP contribution in [0.3, 0.4) is 0 Å². The van der Waals surface area contributed by atoms with E-state index in [1.807, 2.05) is 77.6 Å². The third-order valence-electron chi connectivity index (χ3n) is 6.05. The molecule has 2 aromatic heterocycles. The van der Waals surface area contributed by atoms with Crippen molar-refractivity contribution < 1.29 is 30.5 Å². The molecule has 0 radical (unpaired) electrons. The van der Waals surface area contributed by atoms with Crippen LogP contribution in [0.4, 0.5) is 5.69 Å². The number of thioether (sulfide) groups is 1. The van der Waals surface area contributed by atoms with E-state index >= 15 is 0 Å². The molecule has 3 heterocycles. The Morgan fingerprint density at radius 1 is 0.895 bits per heavy atom. The minimum absolute atomic E-state index is 0.428. The monoisotopic (exact) mass is 584 g/mol. The summed E-state index contributed by atoms with van der Waals surface area (Å²) in [6, 6.07) is 20.5. The van der Waals surface area contributed by atoms with E-state index in [1.165, 1.54) is 32.6 Å². The number of aromatic nitrogens is 2. The first-order chi connectivity index (χ1) is 18.1. The maximum atomic E-state index is 11.9. The Morgan fingerprint density at radius 3 is 2.39 bits per heavy atom. The molecule has 3 aromatic carbocycles. The number of benzene rings is 3. The SMILES string of the molecule is O=S(=O)([O-])CN1C(=Cc2sc3ccc4ccccc4c3[n+]2CS(=O)(=O)[O-])Sc2ccc(-n3cccc3)cc21. The average Bonchev–Trinajstić information content (AvgIpc) is 3.57. The molecule has 194 valence electrons. The largest absolute Gasteiger partial charge is 0.747 e. The highest BCUT2D eigenvalue weighted by Crippen LogP contribution is 2.48. The molecule has 38 heavy (non-hydrogen) atoms. The topological polar surface area (TPSA) is 126 Å². The fourth-order valence-corrected chi connectivity index (χ4v) is 8.14. The van der Waals surface area contributed by atoms with Gasteiger partial charge >= 0.3 is 0 Å². The molecule has 1 aliphatic rings. The van der Waals surface area contributed by atoms with E-state index in [0.29, 0.717) is 21.2 Å². The van der Waals surface area contributed by atoms with E-state index in [0.717, 1.165) is 26.1 Å². The van der Waals surface area contributed by atoms with Crippen molar-refractivity contribution in [3.8, 4) is 5.69 Å². The Labute approximate surface area is 226 Å². The summed E-state index contributed by atoms with van der Waals surface area (Å²) in [6.07, 6.45) is 5.34. The molecule has 5 aromatic rings. The van der Waals surface area contributed by atoms with Crippen LogP contribution in [0.15, 0.2) is 89.0 Å². The normalized spacial score (nSPS) is 15.1. The van der Waals surface area contributed by atoms with E-state index < -0.39 is 32.0 Å². The second-order valence-corrected chi connectivity index (χ2v) is 13.5. The molecule has 6 rings (SSSR count). The molecule has 0 amide bonds. The predicted molar refractivity (Wildman–Crippen MR) is 146 cm³/mol. The Kier molecular flexibility index (Phi) is 6.09. The lowest BCUT2D eigenvalue weighted by molar-refractivity contribution is -0.648. The first kappa shape index (κ1) is 25.1. The summed E-state index contributed by atoms with van der Waals surface area (Å²) in [5.74, 6) is -1.60. The number of thiazole rings is 1. The van der Waals surface area contributed by atoms with Crippen LogP contribution in [0.2, 0.25) is 0 Å². The molecule has 0 unspecified atom stereocenters. The highest BCUT2D eigenvalue weighted by molar-refractivity contribution is 8.04. The van der Waals surface area contributed by atoms with Gasteiger partial charge in [-0.25, -0.2) is 16.8 Å². The Hall–Kier alpha value is -3.20. The van der Waals surface area contributed by atoms with E-state index in [4.69, 9.17) is 0 Å². The number of hydrogen-bond donors (Lipinski definition) is 0. The zero-order chi connectivity index (χ0) is 26.7. The molecular weight excluding hydrogens is 567 g/mol. The Balaban J connectivity index is 1.54. The lowest BCUT2D eigenvalue weighted by atomic mass is 10.1. The van der Waals surface area contributed by atoms with Crippen molar-refractivity contribution in [3.63, 3.8) is 0 Å². The van der Waals surface area contributed by atoms with E-state index in [1.54, 1.807) is 12.1 Å². The lowest BCUT2D eigenvalue weighted by Crippen LogP contribution is -2.39. The summed E-state index contributed by atoms with van der Waals surface area (Å²) >= 11 is 2.54. The molecule has 0 fully saturated rings. The van der Waals surface area contributed by atoms with Gasteiger partial charge in [0.25, 0.3) is 5.01 Å². The van der Waals surface area contributed by atoms with E-state index in [-0.39, 0.29) is 0 Å². The summed E-state index contributed by atoms with van der Waals surface area (Å²) in [7, 11) is -9.34. The zero-order valence-corrected chi connectivity index (χ0v) is 22.7. The second kappa shape index (κ2) is 9.22. The molecule has 9 nitrogen and oxygen atoms in total. The number of rotatable bonds is 6. The fraction of sp³-hybridized carbons (Fsp3) is 0.0800. The van der Waals surface area contributed by atoms with Gasteiger partial charge < -0.3 is 18.6 Å². The van der Waals surface area contributed by atoms with Crippen LogP contribution in [0.25, 0.3) is 32.8 Å².